The van der Waals surface area contributed by atoms with Gasteiger partial charge in [-0.05, 0) is 31.2 Å². The Morgan fingerprint density at radius 3 is 2.81 bits per heavy atom. The van der Waals surface area contributed by atoms with Gasteiger partial charge in [0.2, 0.25) is 0 Å². The van der Waals surface area contributed by atoms with Crippen LogP contribution >= 0.6 is 0 Å². The van der Waals surface area contributed by atoms with Crippen LogP contribution in [-0.4, -0.2) is 24.5 Å². The van der Waals surface area contributed by atoms with E-state index >= 15 is 0 Å². The van der Waals surface area contributed by atoms with Gasteiger partial charge in [0.1, 0.15) is 11.3 Å². The summed E-state index contributed by atoms with van der Waals surface area (Å²) < 4.78 is 10.1. The maximum absolute atomic E-state index is 11.9. The van der Waals surface area contributed by atoms with Crippen molar-refractivity contribution in [3.63, 3.8) is 0 Å². The maximum atomic E-state index is 11.9. The molecule has 21 heavy (non-hydrogen) atoms. The molecule has 1 saturated carbocycles. The first-order valence-corrected chi connectivity index (χ1v) is 7.49. The molecule has 1 aliphatic carbocycles. The highest BCUT2D eigenvalue weighted by atomic mass is 16.5. The van der Waals surface area contributed by atoms with Crippen molar-refractivity contribution in [2.75, 3.05) is 6.61 Å². The van der Waals surface area contributed by atoms with Crippen LogP contribution < -0.4 is 5.32 Å². The molecule has 1 aliphatic rings. The number of aryl methyl sites for hydroxylation is 1. The van der Waals surface area contributed by atoms with Gasteiger partial charge in [-0.15, -0.1) is 0 Å². The fourth-order valence-electron chi connectivity index (χ4n) is 2.84. The molecule has 1 amide bonds. The van der Waals surface area contributed by atoms with Crippen molar-refractivity contribution in [1.29, 1.82) is 0 Å². The third kappa shape index (κ3) is 3.86. The van der Waals surface area contributed by atoms with Crippen LogP contribution in [0.25, 0.3) is 0 Å². The summed E-state index contributed by atoms with van der Waals surface area (Å²) in [6.45, 7) is 5.81. The van der Waals surface area contributed by atoms with E-state index in [0.717, 1.165) is 12.8 Å². The van der Waals surface area contributed by atoms with Gasteiger partial charge < -0.3 is 14.5 Å². The van der Waals surface area contributed by atoms with Crippen LogP contribution in [0.3, 0.4) is 0 Å². The van der Waals surface area contributed by atoms with E-state index in [1.54, 1.807) is 13.0 Å². The van der Waals surface area contributed by atoms with E-state index < -0.39 is 5.97 Å². The van der Waals surface area contributed by atoms with Crippen molar-refractivity contribution in [2.24, 2.45) is 11.8 Å². The van der Waals surface area contributed by atoms with Crippen LogP contribution in [0.5, 0.6) is 0 Å². The molecule has 1 N–H and O–H groups in total. The molecule has 0 saturated heterocycles. The zero-order chi connectivity index (χ0) is 15.4. The molecule has 0 aromatic carbocycles. The summed E-state index contributed by atoms with van der Waals surface area (Å²) in [4.78, 5) is 23.7. The van der Waals surface area contributed by atoms with Crippen molar-refractivity contribution < 1.29 is 18.7 Å². The van der Waals surface area contributed by atoms with Crippen LogP contribution in [-0.2, 0) is 9.53 Å². The zero-order valence-corrected chi connectivity index (χ0v) is 12.8. The normalized spacial score (nSPS) is 25.4. The standard InChI is InChI=1S/C16H23NO4/c1-10-5-4-6-14(11(10)2)17-15(18)9-21-16(19)13-7-8-20-12(13)3/h7-8,10-11,14H,4-6,9H2,1-3H3,(H,17,18)/t10-,11+,14-/m1/s1. The Labute approximate surface area is 125 Å². The molecule has 1 aromatic heterocycles. The minimum Gasteiger partial charge on any atom is -0.469 e. The van der Waals surface area contributed by atoms with Gasteiger partial charge in [-0.1, -0.05) is 26.7 Å². The number of amides is 1. The zero-order valence-electron chi connectivity index (χ0n) is 12.8. The van der Waals surface area contributed by atoms with Crippen molar-refractivity contribution in [2.45, 2.75) is 46.1 Å². The lowest BCUT2D eigenvalue weighted by molar-refractivity contribution is -0.125. The summed E-state index contributed by atoms with van der Waals surface area (Å²) >= 11 is 0. The van der Waals surface area contributed by atoms with Gasteiger partial charge in [0.25, 0.3) is 5.91 Å². The van der Waals surface area contributed by atoms with Crippen molar-refractivity contribution in [3.05, 3.63) is 23.7 Å². The minimum atomic E-state index is -0.526. The Balaban J connectivity index is 1.80. The number of hydrogen-bond donors (Lipinski definition) is 1. The molecule has 3 atom stereocenters. The van der Waals surface area contributed by atoms with Crippen molar-refractivity contribution in [3.8, 4) is 0 Å². The molecule has 0 bridgehead atoms. The number of nitrogens with one attached hydrogen (secondary N) is 1. The van der Waals surface area contributed by atoms with Crippen LogP contribution in [0.1, 0.15) is 49.2 Å². The second-order valence-corrected chi connectivity index (χ2v) is 5.91. The average Bonchev–Trinajstić information content (AvgIpc) is 2.87. The highest BCUT2D eigenvalue weighted by Crippen LogP contribution is 2.29. The van der Waals surface area contributed by atoms with E-state index in [-0.39, 0.29) is 18.6 Å². The largest absolute Gasteiger partial charge is 0.469 e. The number of carbonyl (C=O) groups excluding carboxylic acids is 2. The molecule has 2 rings (SSSR count). The van der Waals surface area contributed by atoms with E-state index in [1.807, 2.05) is 0 Å². The SMILES string of the molecule is Cc1occc1C(=O)OCC(=O)N[C@@H]1CCC[C@@H](C)[C@@H]1C. The molecule has 5 nitrogen and oxygen atoms in total. The van der Waals surface area contributed by atoms with Gasteiger partial charge in [0, 0.05) is 6.04 Å². The summed E-state index contributed by atoms with van der Waals surface area (Å²) in [6, 6.07) is 1.72. The number of hydrogen-bond acceptors (Lipinski definition) is 4. The predicted molar refractivity (Wildman–Crippen MR) is 77.8 cm³/mol. The third-order valence-electron chi connectivity index (χ3n) is 4.47. The second-order valence-electron chi connectivity index (χ2n) is 5.91. The number of esters is 1. The number of rotatable bonds is 4. The van der Waals surface area contributed by atoms with Gasteiger partial charge in [-0.3, -0.25) is 4.79 Å². The smallest absolute Gasteiger partial charge is 0.342 e. The highest BCUT2D eigenvalue weighted by molar-refractivity contribution is 5.92. The lowest BCUT2D eigenvalue weighted by atomic mass is 9.78. The van der Waals surface area contributed by atoms with Crippen LogP contribution in [0.4, 0.5) is 0 Å². The molecule has 0 radical (unpaired) electrons. The van der Waals surface area contributed by atoms with Gasteiger partial charge in [-0.2, -0.15) is 0 Å². The first-order valence-electron chi connectivity index (χ1n) is 7.49. The molecule has 1 heterocycles. The molecule has 116 valence electrons. The van der Waals surface area contributed by atoms with E-state index in [9.17, 15) is 9.59 Å². The molecule has 0 unspecified atom stereocenters. The Kier molecular flexibility index (Phi) is 5.04. The van der Waals surface area contributed by atoms with Crippen molar-refractivity contribution in [1.82, 2.24) is 5.32 Å². The summed E-state index contributed by atoms with van der Waals surface area (Å²) in [7, 11) is 0. The summed E-state index contributed by atoms with van der Waals surface area (Å²) in [5.41, 5.74) is 0.363. The third-order valence-corrected chi connectivity index (χ3v) is 4.47. The Hall–Kier alpha value is -1.78. The monoisotopic (exact) mass is 293 g/mol. The van der Waals surface area contributed by atoms with Gasteiger partial charge in [0.15, 0.2) is 6.61 Å². The van der Waals surface area contributed by atoms with Gasteiger partial charge in [0.05, 0.1) is 6.26 Å². The molecular formula is C16H23NO4. The van der Waals surface area contributed by atoms with Crippen LogP contribution in [0.2, 0.25) is 0 Å². The highest BCUT2D eigenvalue weighted by Gasteiger charge is 2.28. The fourth-order valence-corrected chi connectivity index (χ4v) is 2.84. The molecule has 1 fully saturated rings. The maximum Gasteiger partial charge on any atom is 0.342 e. The molecule has 1 aromatic rings. The Morgan fingerprint density at radius 1 is 1.38 bits per heavy atom. The lowest BCUT2D eigenvalue weighted by Gasteiger charge is -2.34. The van der Waals surface area contributed by atoms with Crippen LogP contribution in [0.15, 0.2) is 16.7 Å². The molecule has 0 spiro atoms. The first kappa shape index (κ1) is 15.6. The molecule has 0 aliphatic heterocycles. The number of ether oxygens (including phenoxy) is 1. The van der Waals surface area contributed by atoms with Crippen LogP contribution in [0, 0.1) is 18.8 Å². The van der Waals surface area contributed by atoms with Gasteiger partial charge in [-0.25, -0.2) is 4.79 Å². The molecule has 5 heteroatoms. The topological polar surface area (TPSA) is 68.5 Å². The second kappa shape index (κ2) is 6.78. The quantitative estimate of drug-likeness (QED) is 0.867. The summed E-state index contributed by atoms with van der Waals surface area (Å²) in [5.74, 6) is 0.793. The Bertz CT molecular complexity index is 508. The first-order chi connectivity index (χ1) is 9.99. The minimum absolute atomic E-state index is 0.176. The van der Waals surface area contributed by atoms with E-state index in [0.29, 0.717) is 23.2 Å². The summed E-state index contributed by atoms with van der Waals surface area (Å²) in [5, 5.41) is 2.97. The average molecular weight is 293 g/mol. The number of carbonyl (C=O) groups is 2. The van der Waals surface area contributed by atoms with Gasteiger partial charge >= 0.3 is 5.97 Å². The summed E-state index contributed by atoms with van der Waals surface area (Å²) in [6.07, 6.45) is 4.76. The predicted octanol–water partition coefficient (Wildman–Crippen LogP) is 2.69. The van der Waals surface area contributed by atoms with E-state index in [2.05, 4.69) is 19.2 Å². The van der Waals surface area contributed by atoms with E-state index in [1.165, 1.54) is 12.7 Å². The Morgan fingerprint density at radius 2 is 2.14 bits per heavy atom. The van der Waals surface area contributed by atoms with E-state index in [4.69, 9.17) is 9.15 Å². The molecular weight excluding hydrogens is 270 g/mol. The van der Waals surface area contributed by atoms with Crippen molar-refractivity contribution >= 4 is 11.9 Å². The number of furan rings is 1. The fraction of sp³-hybridized carbons (Fsp3) is 0.625. The lowest BCUT2D eigenvalue weighted by Crippen LogP contribution is -2.45.